The highest BCUT2D eigenvalue weighted by Gasteiger charge is 2.26. The van der Waals surface area contributed by atoms with Gasteiger partial charge in [0, 0.05) is 49.7 Å². The van der Waals surface area contributed by atoms with E-state index in [1.807, 2.05) is 11.4 Å². The molecule has 1 aliphatic heterocycles. The Morgan fingerprint density at radius 1 is 1.18 bits per heavy atom. The summed E-state index contributed by atoms with van der Waals surface area (Å²) < 4.78 is 14.3. The highest BCUT2D eigenvalue weighted by atomic mass is 32.1. The highest BCUT2D eigenvalue weighted by molar-refractivity contribution is 7.16. The van der Waals surface area contributed by atoms with Crippen LogP contribution in [0.4, 0.5) is 20.8 Å². The fourth-order valence-corrected chi connectivity index (χ4v) is 5.14. The summed E-state index contributed by atoms with van der Waals surface area (Å²) in [5.74, 6) is 1.30. The molecule has 2 N–H and O–H groups in total. The summed E-state index contributed by atoms with van der Waals surface area (Å²) in [7, 11) is 1.64. The van der Waals surface area contributed by atoms with Gasteiger partial charge in [-0.3, -0.25) is 0 Å². The number of aryl methyl sites for hydroxylation is 1. The van der Waals surface area contributed by atoms with Crippen molar-refractivity contribution in [3.05, 3.63) is 52.9 Å². The molecule has 34 heavy (non-hydrogen) atoms. The van der Waals surface area contributed by atoms with Gasteiger partial charge in [-0.15, -0.1) is 11.3 Å². The second-order valence-electron chi connectivity index (χ2n) is 8.40. The molecule has 0 bridgehead atoms. The lowest BCUT2D eigenvalue weighted by atomic mass is 10.0. The molecular weight excluding hydrogens is 453 g/mol. The van der Waals surface area contributed by atoms with Gasteiger partial charge in [-0.25, -0.2) is 24.1 Å². The van der Waals surface area contributed by atoms with Crippen LogP contribution in [0.5, 0.6) is 0 Å². The largest absolute Gasteiger partial charge is 0.363 e. The molecule has 0 radical (unpaired) electrons. The van der Waals surface area contributed by atoms with E-state index in [0.717, 1.165) is 32.8 Å². The van der Waals surface area contributed by atoms with Crippen molar-refractivity contribution in [2.45, 2.75) is 19.9 Å². The normalized spacial score (nSPS) is 15.1. The van der Waals surface area contributed by atoms with Crippen LogP contribution in [0.15, 0.2) is 36.0 Å². The van der Waals surface area contributed by atoms with Crippen molar-refractivity contribution in [3.63, 3.8) is 0 Å². The van der Waals surface area contributed by atoms with Crippen LogP contribution < -0.4 is 15.5 Å². The lowest BCUT2D eigenvalue weighted by molar-refractivity contribution is 0.196. The van der Waals surface area contributed by atoms with Crippen molar-refractivity contribution in [1.82, 2.24) is 25.2 Å². The molecule has 1 aromatic carbocycles. The van der Waals surface area contributed by atoms with Crippen molar-refractivity contribution < 1.29 is 9.18 Å². The van der Waals surface area contributed by atoms with Crippen molar-refractivity contribution in [2.75, 3.05) is 43.4 Å². The Bertz CT molecular complexity index is 1370. The molecule has 0 saturated carbocycles. The topological polar surface area (TPSA) is 86.3 Å². The molecule has 1 fully saturated rings. The Balaban J connectivity index is 1.54. The second kappa shape index (κ2) is 9.02. The van der Waals surface area contributed by atoms with E-state index in [-0.39, 0.29) is 17.9 Å². The number of urea groups is 1. The standard InChI is InChI=1S/C24H26FN7OS/c1-14-19(25)5-4-16-12-18(15(2)29-21-17-6-11-34-23(17)28-13-27-21)22(30-20(14)16)31-7-9-32(10-8-31)24(33)26-3/h4-6,11-13,15H,7-10H2,1-3H3,(H,26,33)(H,27,28,29)/t15-/m0/s1. The number of pyridine rings is 1. The van der Waals surface area contributed by atoms with E-state index in [4.69, 9.17) is 4.98 Å². The molecule has 10 heteroatoms. The zero-order valence-corrected chi connectivity index (χ0v) is 20.1. The Morgan fingerprint density at radius 3 is 2.74 bits per heavy atom. The van der Waals surface area contributed by atoms with E-state index >= 15 is 0 Å². The lowest BCUT2D eigenvalue weighted by Crippen LogP contribution is -2.51. The summed E-state index contributed by atoms with van der Waals surface area (Å²) in [6.07, 6.45) is 1.57. The summed E-state index contributed by atoms with van der Waals surface area (Å²) in [6, 6.07) is 7.16. The molecule has 8 nitrogen and oxygen atoms in total. The quantitative estimate of drug-likeness (QED) is 0.453. The maximum atomic E-state index is 14.3. The van der Waals surface area contributed by atoms with E-state index in [9.17, 15) is 9.18 Å². The summed E-state index contributed by atoms with van der Waals surface area (Å²) in [5.41, 5.74) is 2.18. The maximum absolute atomic E-state index is 14.3. The molecule has 4 aromatic rings. The molecule has 1 atom stereocenters. The number of benzene rings is 1. The van der Waals surface area contributed by atoms with Gasteiger partial charge in [0.05, 0.1) is 16.9 Å². The molecule has 2 amide bonds. The van der Waals surface area contributed by atoms with E-state index in [0.29, 0.717) is 37.3 Å². The summed E-state index contributed by atoms with van der Waals surface area (Å²) >= 11 is 1.57. The Kier molecular flexibility index (Phi) is 5.91. The minimum absolute atomic E-state index is 0.0807. The number of amides is 2. The first-order valence-corrected chi connectivity index (χ1v) is 12.1. The van der Waals surface area contributed by atoms with Crippen LogP contribution in [0.3, 0.4) is 0 Å². The van der Waals surface area contributed by atoms with Crippen LogP contribution in [0.25, 0.3) is 21.1 Å². The minimum Gasteiger partial charge on any atom is -0.363 e. The number of anilines is 2. The van der Waals surface area contributed by atoms with Crippen LogP contribution in [-0.4, -0.2) is 59.1 Å². The summed E-state index contributed by atoms with van der Waals surface area (Å²) in [4.78, 5) is 30.7. The van der Waals surface area contributed by atoms with Crippen LogP contribution in [-0.2, 0) is 0 Å². The minimum atomic E-state index is -0.268. The van der Waals surface area contributed by atoms with Crippen molar-refractivity contribution >= 4 is 50.1 Å². The van der Waals surface area contributed by atoms with Crippen LogP contribution in [0, 0.1) is 12.7 Å². The summed E-state index contributed by atoms with van der Waals surface area (Å²) in [5, 5.41) is 10.1. The zero-order valence-electron chi connectivity index (χ0n) is 19.3. The van der Waals surface area contributed by atoms with Crippen LogP contribution in [0.1, 0.15) is 24.1 Å². The number of carbonyl (C=O) groups excluding carboxylic acids is 1. The number of thiophene rings is 1. The van der Waals surface area contributed by atoms with E-state index in [1.165, 1.54) is 6.07 Å². The van der Waals surface area contributed by atoms with Gasteiger partial charge in [-0.2, -0.15) is 0 Å². The van der Waals surface area contributed by atoms with Gasteiger partial charge < -0.3 is 20.4 Å². The molecule has 5 rings (SSSR count). The smallest absolute Gasteiger partial charge is 0.317 e. The number of nitrogens with zero attached hydrogens (tertiary/aromatic N) is 5. The first-order valence-electron chi connectivity index (χ1n) is 11.2. The molecule has 1 saturated heterocycles. The molecule has 3 aromatic heterocycles. The van der Waals surface area contributed by atoms with Gasteiger partial charge in [0.15, 0.2) is 0 Å². The van der Waals surface area contributed by atoms with Gasteiger partial charge in [0.1, 0.15) is 28.6 Å². The fourth-order valence-electron chi connectivity index (χ4n) is 4.40. The van der Waals surface area contributed by atoms with Crippen LogP contribution in [0.2, 0.25) is 0 Å². The van der Waals surface area contributed by atoms with Gasteiger partial charge in [-0.1, -0.05) is 0 Å². The number of piperazine rings is 1. The first kappa shape index (κ1) is 22.3. The molecule has 4 heterocycles. The molecule has 0 unspecified atom stereocenters. The number of hydrogen-bond donors (Lipinski definition) is 2. The van der Waals surface area contributed by atoms with Crippen molar-refractivity contribution in [1.29, 1.82) is 0 Å². The number of nitrogens with one attached hydrogen (secondary N) is 2. The third-order valence-corrected chi connectivity index (χ3v) is 7.17. The SMILES string of the molecule is CNC(=O)N1CCN(c2nc3c(C)c(F)ccc3cc2[C@H](C)Nc2ncnc3sccc23)CC1. The first-order chi connectivity index (χ1) is 16.5. The van der Waals surface area contributed by atoms with Gasteiger partial charge in [-0.05, 0) is 43.5 Å². The third kappa shape index (κ3) is 3.98. The van der Waals surface area contributed by atoms with Gasteiger partial charge in [0.2, 0.25) is 0 Å². The monoisotopic (exact) mass is 479 g/mol. The predicted molar refractivity (Wildman–Crippen MR) is 134 cm³/mol. The number of fused-ring (bicyclic) bond motifs is 2. The third-order valence-electron chi connectivity index (χ3n) is 6.34. The van der Waals surface area contributed by atoms with Gasteiger partial charge >= 0.3 is 6.03 Å². The molecular formula is C24H26FN7OS. The average Bonchev–Trinajstić information content (AvgIpc) is 3.35. The van der Waals surface area contributed by atoms with Crippen molar-refractivity contribution in [3.8, 4) is 0 Å². The number of aromatic nitrogens is 3. The number of rotatable bonds is 4. The lowest BCUT2D eigenvalue weighted by Gasteiger charge is -2.36. The highest BCUT2D eigenvalue weighted by Crippen LogP contribution is 2.34. The maximum Gasteiger partial charge on any atom is 0.317 e. The van der Waals surface area contributed by atoms with E-state index in [2.05, 4.69) is 38.5 Å². The Labute approximate surface area is 200 Å². The molecule has 0 spiro atoms. The second-order valence-corrected chi connectivity index (χ2v) is 9.30. The predicted octanol–water partition coefficient (Wildman–Crippen LogP) is 4.32. The fraction of sp³-hybridized carbons (Fsp3) is 0.333. The Morgan fingerprint density at radius 2 is 1.97 bits per heavy atom. The van der Waals surface area contributed by atoms with E-state index < -0.39 is 0 Å². The Hall–Kier alpha value is -3.53. The summed E-state index contributed by atoms with van der Waals surface area (Å²) in [6.45, 7) is 6.29. The molecule has 1 aliphatic rings. The van der Waals surface area contributed by atoms with Gasteiger partial charge in [0.25, 0.3) is 0 Å². The van der Waals surface area contributed by atoms with Crippen molar-refractivity contribution in [2.24, 2.45) is 0 Å². The van der Waals surface area contributed by atoms with E-state index in [1.54, 1.807) is 42.6 Å². The van der Waals surface area contributed by atoms with Crippen LogP contribution >= 0.6 is 11.3 Å². The number of hydrogen-bond acceptors (Lipinski definition) is 7. The number of halogens is 1. The molecule has 176 valence electrons. The number of carbonyl (C=O) groups is 1. The zero-order chi connectivity index (χ0) is 23.8. The average molecular weight is 480 g/mol. The molecule has 0 aliphatic carbocycles.